The van der Waals surface area contributed by atoms with Crippen LogP contribution in [0.3, 0.4) is 0 Å². The van der Waals surface area contributed by atoms with Crippen LogP contribution in [0.4, 0.5) is 0 Å². The molecule has 0 aliphatic carbocycles. The maximum absolute atomic E-state index is 11.8. The van der Waals surface area contributed by atoms with Gasteiger partial charge >= 0.3 is 0 Å². The summed E-state index contributed by atoms with van der Waals surface area (Å²) in [6, 6.07) is 9.15. The Bertz CT molecular complexity index is 515. The van der Waals surface area contributed by atoms with Crippen molar-refractivity contribution in [3.63, 3.8) is 0 Å². The minimum absolute atomic E-state index is 0.186. The van der Waals surface area contributed by atoms with Crippen molar-refractivity contribution in [2.75, 3.05) is 0 Å². The van der Waals surface area contributed by atoms with Gasteiger partial charge in [-0.15, -0.1) is 0 Å². The Hall–Kier alpha value is -2.27. The highest BCUT2D eigenvalue weighted by molar-refractivity contribution is 5.81. The van der Waals surface area contributed by atoms with Crippen LogP contribution >= 0.6 is 0 Å². The molecule has 1 unspecified atom stereocenters. The van der Waals surface area contributed by atoms with E-state index < -0.39 is 6.04 Å². The van der Waals surface area contributed by atoms with Crippen molar-refractivity contribution in [1.82, 2.24) is 15.3 Å². The second-order valence-electron chi connectivity index (χ2n) is 4.21. The molecule has 1 aromatic heterocycles. The maximum Gasteiger partial charge on any atom is 0.237 e. The van der Waals surface area contributed by atoms with Gasteiger partial charge in [0.05, 0.1) is 24.5 Å². The average Bonchev–Trinajstić information content (AvgIpc) is 2.47. The summed E-state index contributed by atoms with van der Waals surface area (Å²) in [7, 11) is 0. The maximum atomic E-state index is 11.8. The molecular weight excluding hydrogens is 240 g/mol. The zero-order valence-electron chi connectivity index (χ0n) is 10.5. The van der Waals surface area contributed by atoms with Crippen LogP contribution in [0, 0.1) is 0 Å². The van der Waals surface area contributed by atoms with Crippen LogP contribution < -0.4 is 11.1 Å². The van der Waals surface area contributed by atoms with E-state index in [4.69, 9.17) is 5.73 Å². The molecule has 0 spiro atoms. The number of nitrogens with two attached hydrogens (primary N) is 1. The molecule has 2 rings (SSSR count). The smallest absolute Gasteiger partial charge is 0.237 e. The van der Waals surface area contributed by atoms with Gasteiger partial charge in [0.1, 0.15) is 0 Å². The molecule has 1 amide bonds. The van der Waals surface area contributed by atoms with Crippen molar-refractivity contribution in [3.05, 3.63) is 60.2 Å². The second kappa shape index (κ2) is 6.61. The Morgan fingerprint density at radius 2 is 2.05 bits per heavy atom. The third-order valence-corrected chi connectivity index (χ3v) is 2.70. The van der Waals surface area contributed by atoms with Crippen LogP contribution in [0.1, 0.15) is 11.3 Å². The van der Waals surface area contributed by atoms with Gasteiger partial charge in [0, 0.05) is 12.4 Å². The number of nitrogens with one attached hydrogen (secondary N) is 1. The number of carbonyl (C=O) groups excluding carboxylic acids is 1. The van der Waals surface area contributed by atoms with Crippen LogP contribution in [-0.4, -0.2) is 21.9 Å². The van der Waals surface area contributed by atoms with E-state index in [1.807, 2.05) is 30.3 Å². The van der Waals surface area contributed by atoms with Gasteiger partial charge in [0.15, 0.2) is 0 Å². The van der Waals surface area contributed by atoms with Crippen LogP contribution in [0.15, 0.2) is 48.9 Å². The Kier molecular flexibility index (Phi) is 4.58. The number of hydrogen-bond donors (Lipinski definition) is 2. The number of amides is 1. The number of benzene rings is 1. The van der Waals surface area contributed by atoms with Gasteiger partial charge in [0.25, 0.3) is 0 Å². The Labute approximate surface area is 111 Å². The van der Waals surface area contributed by atoms with Crippen LogP contribution in [0.25, 0.3) is 0 Å². The fraction of sp³-hybridized carbons (Fsp3) is 0.214. The van der Waals surface area contributed by atoms with Crippen molar-refractivity contribution < 1.29 is 4.79 Å². The van der Waals surface area contributed by atoms with E-state index in [2.05, 4.69) is 15.3 Å². The molecule has 98 valence electrons. The first kappa shape index (κ1) is 13.2. The fourth-order valence-electron chi connectivity index (χ4n) is 1.69. The predicted molar refractivity (Wildman–Crippen MR) is 72.0 cm³/mol. The third kappa shape index (κ3) is 4.15. The SMILES string of the molecule is NC(Cc1ccccc1)C(=O)NCc1cnccn1. The normalized spacial score (nSPS) is 11.8. The Balaban J connectivity index is 1.83. The second-order valence-corrected chi connectivity index (χ2v) is 4.21. The van der Waals surface area contributed by atoms with Gasteiger partial charge in [-0.2, -0.15) is 0 Å². The first-order valence-corrected chi connectivity index (χ1v) is 6.08. The molecule has 5 heteroatoms. The van der Waals surface area contributed by atoms with E-state index in [9.17, 15) is 4.79 Å². The molecule has 0 saturated heterocycles. The first-order valence-electron chi connectivity index (χ1n) is 6.08. The summed E-state index contributed by atoms with van der Waals surface area (Å²) in [6.45, 7) is 0.342. The van der Waals surface area contributed by atoms with Crippen LogP contribution in [0.5, 0.6) is 0 Å². The lowest BCUT2D eigenvalue weighted by Crippen LogP contribution is -2.41. The average molecular weight is 256 g/mol. The highest BCUT2D eigenvalue weighted by atomic mass is 16.2. The zero-order valence-corrected chi connectivity index (χ0v) is 10.5. The summed E-state index contributed by atoms with van der Waals surface area (Å²) in [5.41, 5.74) is 7.62. The summed E-state index contributed by atoms with van der Waals surface area (Å²) in [4.78, 5) is 19.8. The first-order chi connectivity index (χ1) is 9.25. The van der Waals surface area contributed by atoms with Crippen molar-refractivity contribution in [2.24, 2.45) is 5.73 Å². The van der Waals surface area contributed by atoms with E-state index in [1.54, 1.807) is 18.6 Å². The molecule has 0 aliphatic heterocycles. The molecule has 1 atom stereocenters. The molecule has 19 heavy (non-hydrogen) atoms. The summed E-state index contributed by atoms with van der Waals surface area (Å²) < 4.78 is 0. The summed E-state index contributed by atoms with van der Waals surface area (Å²) in [5, 5.41) is 2.75. The highest BCUT2D eigenvalue weighted by Gasteiger charge is 2.13. The predicted octanol–water partition coefficient (Wildman–Crippen LogP) is 0.663. The number of hydrogen-bond acceptors (Lipinski definition) is 4. The molecule has 1 heterocycles. The van der Waals surface area contributed by atoms with Gasteiger partial charge < -0.3 is 11.1 Å². The molecule has 0 radical (unpaired) electrons. The molecule has 0 aliphatic rings. The largest absolute Gasteiger partial charge is 0.349 e. The molecule has 0 fully saturated rings. The van der Waals surface area contributed by atoms with Gasteiger partial charge in [-0.05, 0) is 12.0 Å². The summed E-state index contributed by atoms with van der Waals surface area (Å²) in [5.74, 6) is -0.186. The lowest BCUT2D eigenvalue weighted by Gasteiger charge is -2.11. The van der Waals surface area contributed by atoms with Crippen molar-refractivity contribution in [3.8, 4) is 0 Å². The zero-order chi connectivity index (χ0) is 13.5. The van der Waals surface area contributed by atoms with E-state index >= 15 is 0 Å². The summed E-state index contributed by atoms with van der Waals surface area (Å²) in [6.07, 6.45) is 5.31. The van der Waals surface area contributed by atoms with E-state index in [0.717, 1.165) is 5.56 Å². The van der Waals surface area contributed by atoms with Gasteiger partial charge in [0.2, 0.25) is 5.91 Å². The number of carbonyl (C=O) groups is 1. The lowest BCUT2D eigenvalue weighted by molar-refractivity contribution is -0.122. The molecular formula is C14H16N4O. The molecule has 3 N–H and O–H groups in total. The topological polar surface area (TPSA) is 80.9 Å². The summed E-state index contributed by atoms with van der Waals surface area (Å²) >= 11 is 0. The van der Waals surface area contributed by atoms with Gasteiger partial charge in [-0.1, -0.05) is 30.3 Å². The Morgan fingerprint density at radius 1 is 1.26 bits per heavy atom. The van der Waals surface area contributed by atoms with Crippen molar-refractivity contribution in [2.45, 2.75) is 19.0 Å². The van der Waals surface area contributed by atoms with Crippen molar-refractivity contribution >= 4 is 5.91 Å². The minimum Gasteiger partial charge on any atom is -0.349 e. The quantitative estimate of drug-likeness (QED) is 0.823. The van der Waals surface area contributed by atoms with Gasteiger partial charge in [-0.25, -0.2) is 0 Å². The van der Waals surface area contributed by atoms with Gasteiger partial charge in [-0.3, -0.25) is 14.8 Å². The highest BCUT2D eigenvalue weighted by Crippen LogP contribution is 2.02. The van der Waals surface area contributed by atoms with Crippen LogP contribution in [-0.2, 0) is 17.8 Å². The van der Waals surface area contributed by atoms with Crippen molar-refractivity contribution in [1.29, 1.82) is 0 Å². The van der Waals surface area contributed by atoms with E-state index in [1.165, 1.54) is 0 Å². The number of rotatable bonds is 5. The molecule has 0 saturated carbocycles. The molecule has 2 aromatic rings. The minimum atomic E-state index is -0.556. The van der Waals surface area contributed by atoms with E-state index in [0.29, 0.717) is 18.7 Å². The van der Waals surface area contributed by atoms with E-state index in [-0.39, 0.29) is 5.91 Å². The monoisotopic (exact) mass is 256 g/mol. The fourth-order valence-corrected chi connectivity index (χ4v) is 1.69. The Morgan fingerprint density at radius 3 is 2.74 bits per heavy atom. The number of aromatic nitrogens is 2. The number of nitrogens with zero attached hydrogens (tertiary/aromatic N) is 2. The molecule has 5 nitrogen and oxygen atoms in total. The molecule has 1 aromatic carbocycles. The molecule has 0 bridgehead atoms. The van der Waals surface area contributed by atoms with Crippen LogP contribution in [0.2, 0.25) is 0 Å². The third-order valence-electron chi connectivity index (χ3n) is 2.70. The standard InChI is InChI=1S/C14H16N4O/c15-13(8-11-4-2-1-3-5-11)14(19)18-10-12-9-16-6-7-17-12/h1-7,9,13H,8,10,15H2,(H,18,19). The lowest BCUT2D eigenvalue weighted by atomic mass is 10.1.